The quantitative estimate of drug-likeness (QED) is 0.722. The zero-order valence-electron chi connectivity index (χ0n) is 9.89. The molecule has 0 aliphatic carbocycles. The Hall–Kier alpha value is -0.240. The van der Waals surface area contributed by atoms with Crippen LogP contribution in [-0.4, -0.2) is 6.54 Å². The van der Waals surface area contributed by atoms with E-state index in [4.69, 9.17) is 23.2 Å². The fourth-order valence-electron chi connectivity index (χ4n) is 1.71. The molecular formula is C13H19Cl2N. The van der Waals surface area contributed by atoms with Gasteiger partial charge in [-0.2, -0.15) is 0 Å². The number of rotatable bonds is 6. The SMILES string of the molecule is CCCCNC(CC)c1ccc(Cl)cc1Cl. The zero-order chi connectivity index (χ0) is 12.0. The van der Waals surface area contributed by atoms with Crippen LogP contribution in [-0.2, 0) is 0 Å². The van der Waals surface area contributed by atoms with E-state index in [-0.39, 0.29) is 0 Å². The first-order chi connectivity index (χ1) is 7.69. The second-order valence-corrected chi connectivity index (χ2v) is 4.78. The lowest BCUT2D eigenvalue weighted by Gasteiger charge is -2.18. The fraction of sp³-hybridized carbons (Fsp3) is 0.538. The minimum absolute atomic E-state index is 0.330. The van der Waals surface area contributed by atoms with Crippen LogP contribution < -0.4 is 5.32 Å². The van der Waals surface area contributed by atoms with Crippen LogP contribution in [0.2, 0.25) is 10.0 Å². The smallest absolute Gasteiger partial charge is 0.0468 e. The molecule has 1 N–H and O–H groups in total. The Morgan fingerprint density at radius 3 is 2.56 bits per heavy atom. The van der Waals surface area contributed by atoms with Gasteiger partial charge >= 0.3 is 0 Å². The summed E-state index contributed by atoms with van der Waals surface area (Å²) >= 11 is 12.1. The molecule has 16 heavy (non-hydrogen) atoms. The van der Waals surface area contributed by atoms with Crippen LogP contribution in [0.15, 0.2) is 18.2 Å². The average molecular weight is 260 g/mol. The molecule has 0 saturated carbocycles. The molecule has 0 spiro atoms. The van der Waals surface area contributed by atoms with Gasteiger partial charge in [0.1, 0.15) is 0 Å². The van der Waals surface area contributed by atoms with Crippen molar-refractivity contribution >= 4 is 23.2 Å². The summed E-state index contributed by atoms with van der Waals surface area (Å²) in [6.07, 6.45) is 3.44. The Morgan fingerprint density at radius 2 is 2.00 bits per heavy atom. The lowest BCUT2D eigenvalue weighted by molar-refractivity contribution is 0.508. The van der Waals surface area contributed by atoms with Crippen molar-refractivity contribution in [2.75, 3.05) is 6.54 Å². The predicted octanol–water partition coefficient (Wildman–Crippen LogP) is 4.83. The van der Waals surface area contributed by atoms with Crippen molar-refractivity contribution < 1.29 is 0 Å². The first-order valence-electron chi connectivity index (χ1n) is 5.87. The lowest BCUT2D eigenvalue weighted by Crippen LogP contribution is -2.22. The van der Waals surface area contributed by atoms with E-state index in [0.29, 0.717) is 11.1 Å². The van der Waals surface area contributed by atoms with E-state index in [1.54, 1.807) is 0 Å². The minimum atomic E-state index is 0.330. The Labute approximate surface area is 108 Å². The molecule has 1 nitrogen and oxygen atoms in total. The molecule has 1 atom stereocenters. The molecule has 1 aromatic rings. The van der Waals surface area contributed by atoms with E-state index in [9.17, 15) is 0 Å². The van der Waals surface area contributed by atoms with Gasteiger partial charge in [0.25, 0.3) is 0 Å². The molecule has 0 aliphatic heterocycles. The highest BCUT2D eigenvalue weighted by Gasteiger charge is 2.11. The highest BCUT2D eigenvalue weighted by Crippen LogP contribution is 2.27. The van der Waals surface area contributed by atoms with Crippen LogP contribution in [0.5, 0.6) is 0 Å². The standard InChI is InChI=1S/C13H19Cl2N/c1-3-5-8-16-13(4-2)11-7-6-10(14)9-12(11)15/h6-7,9,13,16H,3-5,8H2,1-2H3. The minimum Gasteiger partial charge on any atom is -0.310 e. The molecule has 0 fully saturated rings. The van der Waals surface area contributed by atoms with Crippen LogP contribution in [0.25, 0.3) is 0 Å². The molecule has 90 valence electrons. The molecule has 0 aliphatic rings. The summed E-state index contributed by atoms with van der Waals surface area (Å²) in [5.41, 5.74) is 1.14. The summed E-state index contributed by atoms with van der Waals surface area (Å²) in [4.78, 5) is 0. The second-order valence-electron chi connectivity index (χ2n) is 3.93. The van der Waals surface area contributed by atoms with Gasteiger partial charge in [0, 0.05) is 16.1 Å². The van der Waals surface area contributed by atoms with Crippen LogP contribution in [0, 0.1) is 0 Å². The third-order valence-electron chi connectivity index (χ3n) is 2.67. The Morgan fingerprint density at radius 1 is 1.25 bits per heavy atom. The van der Waals surface area contributed by atoms with Crippen LogP contribution in [0.1, 0.15) is 44.7 Å². The lowest BCUT2D eigenvalue weighted by atomic mass is 10.0. The summed E-state index contributed by atoms with van der Waals surface area (Å²) in [7, 11) is 0. The first-order valence-corrected chi connectivity index (χ1v) is 6.63. The molecule has 0 radical (unpaired) electrons. The van der Waals surface area contributed by atoms with Crippen molar-refractivity contribution in [1.29, 1.82) is 0 Å². The number of unbranched alkanes of at least 4 members (excludes halogenated alkanes) is 1. The van der Waals surface area contributed by atoms with Crippen LogP contribution >= 0.6 is 23.2 Å². The number of benzene rings is 1. The average Bonchev–Trinajstić information content (AvgIpc) is 2.26. The molecular weight excluding hydrogens is 241 g/mol. The predicted molar refractivity (Wildman–Crippen MR) is 72.4 cm³/mol. The molecule has 0 aromatic heterocycles. The number of nitrogens with one attached hydrogen (secondary N) is 1. The molecule has 3 heteroatoms. The molecule has 0 bridgehead atoms. The Balaban J connectivity index is 2.70. The second kappa shape index (κ2) is 7.16. The van der Waals surface area contributed by atoms with Gasteiger partial charge in [-0.3, -0.25) is 0 Å². The largest absolute Gasteiger partial charge is 0.310 e. The van der Waals surface area contributed by atoms with E-state index in [1.165, 1.54) is 12.8 Å². The van der Waals surface area contributed by atoms with E-state index in [2.05, 4.69) is 19.2 Å². The molecule has 1 aromatic carbocycles. The summed E-state index contributed by atoms with van der Waals surface area (Å²) in [5, 5.41) is 4.96. The van der Waals surface area contributed by atoms with E-state index in [0.717, 1.165) is 23.6 Å². The molecule has 1 rings (SSSR count). The van der Waals surface area contributed by atoms with Crippen molar-refractivity contribution in [3.63, 3.8) is 0 Å². The Bertz CT molecular complexity index is 326. The van der Waals surface area contributed by atoms with Gasteiger partial charge in [0.2, 0.25) is 0 Å². The maximum Gasteiger partial charge on any atom is 0.0468 e. The summed E-state index contributed by atoms with van der Waals surface area (Å²) < 4.78 is 0. The van der Waals surface area contributed by atoms with E-state index >= 15 is 0 Å². The van der Waals surface area contributed by atoms with Crippen LogP contribution in [0.3, 0.4) is 0 Å². The maximum absolute atomic E-state index is 6.19. The highest BCUT2D eigenvalue weighted by molar-refractivity contribution is 6.35. The maximum atomic E-state index is 6.19. The van der Waals surface area contributed by atoms with Crippen molar-refractivity contribution in [2.24, 2.45) is 0 Å². The highest BCUT2D eigenvalue weighted by atomic mass is 35.5. The van der Waals surface area contributed by atoms with Crippen LogP contribution in [0.4, 0.5) is 0 Å². The van der Waals surface area contributed by atoms with Gasteiger partial charge in [-0.05, 0) is 37.1 Å². The number of halogens is 2. The fourth-order valence-corrected chi connectivity index (χ4v) is 2.25. The third-order valence-corrected chi connectivity index (χ3v) is 3.23. The summed E-state index contributed by atoms with van der Waals surface area (Å²) in [5.74, 6) is 0. The Kier molecular flexibility index (Phi) is 6.18. The molecule has 1 unspecified atom stereocenters. The topological polar surface area (TPSA) is 12.0 Å². The van der Waals surface area contributed by atoms with Gasteiger partial charge in [0.15, 0.2) is 0 Å². The molecule has 0 saturated heterocycles. The van der Waals surface area contributed by atoms with Crippen molar-refractivity contribution in [3.8, 4) is 0 Å². The zero-order valence-corrected chi connectivity index (χ0v) is 11.4. The monoisotopic (exact) mass is 259 g/mol. The summed E-state index contributed by atoms with van der Waals surface area (Å²) in [6.45, 7) is 5.39. The molecule has 0 amide bonds. The van der Waals surface area contributed by atoms with Gasteiger partial charge in [-0.1, -0.05) is 49.5 Å². The van der Waals surface area contributed by atoms with Gasteiger partial charge < -0.3 is 5.32 Å². The number of hydrogen-bond acceptors (Lipinski definition) is 1. The third kappa shape index (κ3) is 3.97. The van der Waals surface area contributed by atoms with Gasteiger partial charge in [-0.25, -0.2) is 0 Å². The van der Waals surface area contributed by atoms with Crippen molar-refractivity contribution in [2.45, 2.75) is 39.2 Å². The normalized spacial score (nSPS) is 12.8. The first kappa shape index (κ1) is 13.8. The van der Waals surface area contributed by atoms with E-state index < -0.39 is 0 Å². The molecule has 0 heterocycles. The van der Waals surface area contributed by atoms with Crippen molar-refractivity contribution in [1.82, 2.24) is 5.32 Å². The summed E-state index contributed by atoms with van der Waals surface area (Å²) in [6, 6.07) is 6.05. The van der Waals surface area contributed by atoms with Gasteiger partial charge in [-0.15, -0.1) is 0 Å². The van der Waals surface area contributed by atoms with E-state index in [1.807, 2.05) is 18.2 Å². The van der Waals surface area contributed by atoms with Gasteiger partial charge in [0.05, 0.1) is 0 Å². The van der Waals surface area contributed by atoms with Crippen molar-refractivity contribution in [3.05, 3.63) is 33.8 Å². The number of hydrogen-bond donors (Lipinski definition) is 1.